The summed E-state index contributed by atoms with van der Waals surface area (Å²) >= 11 is 0. The molecule has 1 unspecified atom stereocenters. The average Bonchev–Trinajstić information content (AvgIpc) is 3.31. The van der Waals surface area contributed by atoms with Crippen molar-refractivity contribution in [3.05, 3.63) is 63.5 Å². The Morgan fingerprint density at radius 1 is 1.02 bits per heavy atom. The number of ether oxygens (including phenoxy) is 2. The zero-order valence-electron chi connectivity index (χ0n) is 22.2. The second-order valence-corrected chi connectivity index (χ2v) is 10.8. The van der Waals surface area contributed by atoms with Crippen LogP contribution in [0.25, 0.3) is 0 Å². The van der Waals surface area contributed by atoms with Crippen molar-refractivity contribution in [1.82, 2.24) is 9.80 Å². The van der Waals surface area contributed by atoms with Gasteiger partial charge in [-0.15, -0.1) is 0 Å². The molecule has 12 heteroatoms. The molecule has 2 heterocycles. The van der Waals surface area contributed by atoms with Crippen molar-refractivity contribution in [2.75, 3.05) is 51.2 Å². The number of nitrogens with one attached hydrogen (secondary N) is 1. The van der Waals surface area contributed by atoms with Crippen LogP contribution in [0.1, 0.15) is 36.8 Å². The van der Waals surface area contributed by atoms with E-state index in [1.54, 1.807) is 12.1 Å². The van der Waals surface area contributed by atoms with Gasteiger partial charge in [-0.05, 0) is 56.0 Å². The minimum Gasteiger partial charge on any atom is -0.488 e. The Morgan fingerprint density at radius 2 is 1.75 bits per heavy atom. The van der Waals surface area contributed by atoms with E-state index >= 15 is 0 Å². The summed E-state index contributed by atoms with van der Waals surface area (Å²) in [6.45, 7) is 6.09. The predicted octanol–water partition coefficient (Wildman–Crippen LogP) is 5.11. The molecule has 0 amide bonds. The van der Waals surface area contributed by atoms with Gasteiger partial charge in [-0.3, -0.25) is 19.9 Å². The van der Waals surface area contributed by atoms with Crippen LogP contribution in [0.3, 0.4) is 0 Å². The van der Waals surface area contributed by atoms with E-state index in [0.29, 0.717) is 6.61 Å². The number of rotatable bonds is 9. The molecule has 1 saturated carbocycles. The van der Waals surface area contributed by atoms with Gasteiger partial charge in [0.05, 0.1) is 17.6 Å². The minimum absolute atomic E-state index is 0.00821. The fourth-order valence-corrected chi connectivity index (χ4v) is 5.84. The number of benzene rings is 2. The third-order valence-electron chi connectivity index (χ3n) is 8.00. The van der Waals surface area contributed by atoms with Gasteiger partial charge in [0.2, 0.25) is 0 Å². The van der Waals surface area contributed by atoms with Crippen molar-refractivity contribution in [3.63, 3.8) is 0 Å². The van der Waals surface area contributed by atoms with E-state index in [4.69, 9.17) is 9.47 Å². The first-order valence-electron chi connectivity index (χ1n) is 13.8. The van der Waals surface area contributed by atoms with Gasteiger partial charge in [0.1, 0.15) is 23.2 Å². The SMILES string of the molecule is O=[N+]([O-])c1ccc(NC2CCC(OCCN3CCN(CC4Cc5cc(F)ccc5O4)CC3)CC2)cc1C(F)(F)F. The number of hydrogen-bond donors (Lipinski definition) is 1. The maximum atomic E-state index is 13.5. The molecule has 2 aromatic carbocycles. The number of nitrogens with zero attached hydrogens (tertiary/aromatic N) is 3. The minimum atomic E-state index is -4.79. The number of halogens is 4. The monoisotopic (exact) mass is 566 g/mol. The Hall–Kier alpha value is -2.96. The molecule has 0 bridgehead atoms. The van der Waals surface area contributed by atoms with Crippen molar-refractivity contribution < 1.29 is 32.0 Å². The second kappa shape index (κ2) is 12.3. The number of fused-ring (bicyclic) bond motifs is 1. The van der Waals surface area contributed by atoms with Gasteiger partial charge in [0, 0.05) is 69.0 Å². The quantitative estimate of drug-likeness (QED) is 0.257. The molecule has 1 aliphatic carbocycles. The highest BCUT2D eigenvalue weighted by molar-refractivity contribution is 5.55. The summed E-state index contributed by atoms with van der Waals surface area (Å²) in [6, 6.07) is 7.75. The molecule has 40 heavy (non-hydrogen) atoms. The molecule has 3 aliphatic rings. The number of alkyl halides is 3. The molecule has 2 fully saturated rings. The zero-order chi connectivity index (χ0) is 28.3. The van der Waals surface area contributed by atoms with Crippen molar-refractivity contribution in [2.24, 2.45) is 0 Å². The Labute approximate surface area is 230 Å². The van der Waals surface area contributed by atoms with E-state index in [0.717, 1.165) is 94.8 Å². The van der Waals surface area contributed by atoms with Gasteiger partial charge < -0.3 is 14.8 Å². The predicted molar refractivity (Wildman–Crippen MR) is 141 cm³/mol. The molecule has 1 atom stereocenters. The summed E-state index contributed by atoms with van der Waals surface area (Å²) in [6.07, 6.45) is -0.770. The summed E-state index contributed by atoms with van der Waals surface area (Å²) in [5.74, 6) is 0.558. The highest BCUT2D eigenvalue weighted by Crippen LogP contribution is 2.38. The van der Waals surface area contributed by atoms with E-state index in [-0.39, 0.29) is 29.8 Å². The van der Waals surface area contributed by atoms with Crippen LogP contribution >= 0.6 is 0 Å². The lowest BCUT2D eigenvalue weighted by Crippen LogP contribution is -2.49. The lowest BCUT2D eigenvalue weighted by atomic mass is 9.92. The van der Waals surface area contributed by atoms with E-state index in [9.17, 15) is 27.7 Å². The largest absolute Gasteiger partial charge is 0.488 e. The number of hydrogen-bond acceptors (Lipinski definition) is 7. The summed E-state index contributed by atoms with van der Waals surface area (Å²) in [5, 5.41) is 14.1. The van der Waals surface area contributed by atoms with E-state index in [2.05, 4.69) is 15.1 Å². The summed E-state index contributed by atoms with van der Waals surface area (Å²) in [5.41, 5.74) is -1.01. The van der Waals surface area contributed by atoms with Gasteiger partial charge in [-0.1, -0.05) is 0 Å². The van der Waals surface area contributed by atoms with Crippen LogP contribution in [0.2, 0.25) is 0 Å². The van der Waals surface area contributed by atoms with Gasteiger partial charge in [0.15, 0.2) is 0 Å². The van der Waals surface area contributed by atoms with E-state index in [1.807, 2.05) is 0 Å². The highest BCUT2D eigenvalue weighted by atomic mass is 19.4. The van der Waals surface area contributed by atoms with Crippen LogP contribution in [-0.2, 0) is 17.3 Å². The first-order valence-corrected chi connectivity index (χ1v) is 13.8. The van der Waals surface area contributed by atoms with Crippen LogP contribution in [-0.4, -0.2) is 78.8 Å². The van der Waals surface area contributed by atoms with Crippen molar-refractivity contribution >= 4 is 11.4 Å². The standard InChI is InChI=1S/C28H34F4N4O4/c29-20-1-8-27-19(15-20)16-24(40-27)18-35-11-9-34(10-12-35)13-14-39-23-5-2-21(3-6-23)33-22-4-7-26(36(37)38)25(17-22)28(30,31)32/h1,4,7-8,15,17,21,23-24,33H,2-3,5-6,9-14,16,18H2. The Morgan fingerprint density at radius 3 is 2.45 bits per heavy atom. The molecule has 1 saturated heterocycles. The first kappa shape index (κ1) is 28.6. The van der Waals surface area contributed by atoms with Crippen LogP contribution in [0, 0.1) is 15.9 Å². The Bertz CT molecular complexity index is 1180. The van der Waals surface area contributed by atoms with E-state index in [1.165, 1.54) is 12.1 Å². The van der Waals surface area contributed by atoms with Crippen molar-refractivity contribution in [2.45, 2.75) is 56.5 Å². The normalized spacial score (nSPS) is 23.9. The van der Waals surface area contributed by atoms with Gasteiger partial charge in [-0.2, -0.15) is 13.2 Å². The van der Waals surface area contributed by atoms with Crippen molar-refractivity contribution in [3.8, 4) is 5.75 Å². The summed E-state index contributed by atoms with van der Waals surface area (Å²) in [7, 11) is 0. The molecule has 1 N–H and O–H groups in total. The molecular formula is C28H34F4N4O4. The Kier molecular flexibility index (Phi) is 8.77. The van der Waals surface area contributed by atoms with Crippen LogP contribution < -0.4 is 10.1 Å². The summed E-state index contributed by atoms with van der Waals surface area (Å²) in [4.78, 5) is 14.7. The number of piperazine rings is 1. The molecular weight excluding hydrogens is 532 g/mol. The third kappa shape index (κ3) is 7.21. The number of nitro groups is 1. The first-order chi connectivity index (χ1) is 19.1. The molecule has 2 aromatic rings. The maximum absolute atomic E-state index is 13.5. The van der Waals surface area contributed by atoms with Crippen LogP contribution in [0.4, 0.5) is 28.9 Å². The fraction of sp³-hybridized carbons (Fsp3) is 0.571. The van der Waals surface area contributed by atoms with Gasteiger partial charge in [0.25, 0.3) is 5.69 Å². The van der Waals surface area contributed by atoms with E-state index < -0.39 is 22.4 Å². The Balaban J connectivity index is 0.975. The maximum Gasteiger partial charge on any atom is 0.423 e. The average molecular weight is 567 g/mol. The zero-order valence-corrected chi connectivity index (χ0v) is 22.2. The third-order valence-corrected chi connectivity index (χ3v) is 8.00. The van der Waals surface area contributed by atoms with Crippen molar-refractivity contribution in [1.29, 1.82) is 0 Å². The lowest BCUT2D eigenvalue weighted by molar-refractivity contribution is -0.388. The fourth-order valence-electron chi connectivity index (χ4n) is 5.84. The number of anilines is 1. The summed E-state index contributed by atoms with van der Waals surface area (Å²) < 4.78 is 65.3. The highest BCUT2D eigenvalue weighted by Gasteiger charge is 2.38. The smallest absolute Gasteiger partial charge is 0.423 e. The molecule has 0 spiro atoms. The molecule has 0 radical (unpaired) electrons. The number of nitro benzene ring substituents is 1. The second-order valence-electron chi connectivity index (χ2n) is 10.8. The molecule has 2 aliphatic heterocycles. The van der Waals surface area contributed by atoms with Gasteiger partial charge >= 0.3 is 6.18 Å². The molecule has 0 aromatic heterocycles. The molecule has 8 nitrogen and oxygen atoms in total. The topological polar surface area (TPSA) is 80.1 Å². The lowest BCUT2D eigenvalue weighted by Gasteiger charge is -2.36. The van der Waals surface area contributed by atoms with Gasteiger partial charge in [-0.25, -0.2) is 4.39 Å². The molecule has 5 rings (SSSR count). The molecule has 218 valence electrons. The van der Waals surface area contributed by atoms with Crippen LogP contribution in [0.15, 0.2) is 36.4 Å². The van der Waals surface area contributed by atoms with Crippen LogP contribution in [0.5, 0.6) is 5.75 Å².